The number of hydrogen-bond acceptors (Lipinski definition) is 4. The van der Waals surface area contributed by atoms with E-state index in [4.69, 9.17) is 4.74 Å². The first kappa shape index (κ1) is 17.6. The fourth-order valence-corrected chi connectivity index (χ4v) is 3.81. The predicted molar refractivity (Wildman–Crippen MR) is 91.4 cm³/mol. The molecule has 0 aliphatic carbocycles. The second-order valence-corrected chi connectivity index (χ2v) is 7.46. The molecule has 1 saturated heterocycles. The molecule has 134 valence electrons. The van der Waals surface area contributed by atoms with Crippen molar-refractivity contribution in [2.24, 2.45) is 0 Å². The summed E-state index contributed by atoms with van der Waals surface area (Å²) in [6.07, 6.45) is 0. The fourth-order valence-electron chi connectivity index (χ4n) is 2.66. The zero-order valence-electron chi connectivity index (χ0n) is 13.6. The quantitative estimate of drug-likeness (QED) is 0.902. The summed E-state index contributed by atoms with van der Waals surface area (Å²) in [6.45, 7) is 3.67. The van der Waals surface area contributed by atoms with Gasteiger partial charge in [-0.2, -0.15) is 0 Å². The molecule has 0 amide bonds. The Labute approximate surface area is 145 Å². The lowest BCUT2D eigenvalue weighted by Crippen LogP contribution is -2.36. The molecule has 2 aromatic rings. The van der Waals surface area contributed by atoms with E-state index >= 15 is 0 Å². The summed E-state index contributed by atoms with van der Waals surface area (Å²) in [4.78, 5) is 1.85. The van der Waals surface area contributed by atoms with Crippen molar-refractivity contribution < 1.29 is 21.9 Å². The van der Waals surface area contributed by atoms with Crippen molar-refractivity contribution >= 4 is 21.4 Å². The van der Waals surface area contributed by atoms with E-state index in [1.165, 1.54) is 31.2 Å². The van der Waals surface area contributed by atoms with Crippen LogP contribution in [0.1, 0.15) is 5.56 Å². The van der Waals surface area contributed by atoms with E-state index in [0.717, 1.165) is 12.1 Å². The van der Waals surface area contributed by atoms with Crippen LogP contribution in [-0.2, 0) is 14.8 Å². The molecule has 1 heterocycles. The van der Waals surface area contributed by atoms with Crippen LogP contribution in [0.2, 0.25) is 0 Å². The molecule has 5 nitrogen and oxygen atoms in total. The van der Waals surface area contributed by atoms with Crippen molar-refractivity contribution in [2.45, 2.75) is 11.8 Å². The minimum atomic E-state index is -3.97. The summed E-state index contributed by atoms with van der Waals surface area (Å²) in [7, 11) is -3.97. The highest BCUT2D eigenvalue weighted by molar-refractivity contribution is 7.92. The molecule has 1 fully saturated rings. The van der Waals surface area contributed by atoms with Crippen molar-refractivity contribution in [3.05, 3.63) is 53.6 Å². The van der Waals surface area contributed by atoms with Crippen LogP contribution in [0, 0.1) is 18.6 Å². The van der Waals surface area contributed by atoms with Gasteiger partial charge in [-0.05, 0) is 42.8 Å². The molecule has 1 aliphatic heterocycles. The first-order valence-corrected chi connectivity index (χ1v) is 9.26. The van der Waals surface area contributed by atoms with Crippen LogP contribution in [-0.4, -0.2) is 34.7 Å². The van der Waals surface area contributed by atoms with Gasteiger partial charge in [0.2, 0.25) is 0 Å². The Balaban J connectivity index is 1.95. The lowest BCUT2D eigenvalue weighted by Gasteiger charge is -2.30. The lowest BCUT2D eigenvalue weighted by molar-refractivity contribution is 0.123. The number of halogens is 2. The molecule has 0 unspecified atom stereocenters. The first-order chi connectivity index (χ1) is 11.9. The lowest BCUT2D eigenvalue weighted by atomic mass is 10.2. The maximum atomic E-state index is 13.7. The summed E-state index contributed by atoms with van der Waals surface area (Å²) >= 11 is 0. The van der Waals surface area contributed by atoms with Crippen molar-refractivity contribution in [1.29, 1.82) is 0 Å². The Morgan fingerprint density at radius 3 is 2.48 bits per heavy atom. The number of hydrogen-bond donors (Lipinski definition) is 1. The summed E-state index contributed by atoms with van der Waals surface area (Å²) in [5, 5.41) is 0. The number of sulfonamides is 1. The van der Waals surface area contributed by atoms with Gasteiger partial charge in [-0.1, -0.05) is 0 Å². The maximum absolute atomic E-state index is 13.7. The molecule has 25 heavy (non-hydrogen) atoms. The fraction of sp³-hybridized carbons (Fsp3) is 0.294. The summed E-state index contributed by atoms with van der Waals surface area (Å²) in [5.41, 5.74) is 0.937. The van der Waals surface area contributed by atoms with Crippen LogP contribution >= 0.6 is 0 Å². The molecule has 0 aromatic heterocycles. The van der Waals surface area contributed by atoms with Crippen LogP contribution in [0.15, 0.2) is 41.3 Å². The number of ether oxygens (including phenoxy) is 1. The molecule has 2 aromatic carbocycles. The van der Waals surface area contributed by atoms with Crippen molar-refractivity contribution in [3.63, 3.8) is 0 Å². The third-order valence-corrected chi connectivity index (χ3v) is 5.36. The van der Waals surface area contributed by atoms with E-state index in [9.17, 15) is 17.2 Å². The highest BCUT2D eigenvalue weighted by Gasteiger charge is 2.21. The monoisotopic (exact) mass is 368 g/mol. The average molecular weight is 368 g/mol. The molecule has 0 spiro atoms. The number of anilines is 2. The predicted octanol–water partition coefficient (Wildman–Crippen LogP) is 2.91. The van der Waals surface area contributed by atoms with Crippen LogP contribution in [0.5, 0.6) is 0 Å². The van der Waals surface area contributed by atoms with Gasteiger partial charge in [0.1, 0.15) is 11.6 Å². The van der Waals surface area contributed by atoms with Gasteiger partial charge in [0.05, 0.1) is 29.5 Å². The first-order valence-electron chi connectivity index (χ1n) is 7.78. The molecular formula is C17H18F2N2O3S. The number of morpholine rings is 1. The van der Waals surface area contributed by atoms with E-state index in [1.807, 2.05) is 4.90 Å². The Hall–Kier alpha value is -2.19. The molecule has 1 N–H and O–H groups in total. The van der Waals surface area contributed by atoms with Gasteiger partial charge in [0.25, 0.3) is 10.0 Å². The summed E-state index contributed by atoms with van der Waals surface area (Å²) in [6, 6.07) is 7.47. The topological polar surface area (TPSA) is 58.6 Å². The number of aryl methyl sites for hydroxylation is 1. The summed E-state index contributed by atoms with van der Waals surface area (Å²) in [5.74, 6) is -1.04. The zero-order chi connectivity index (χ0) is 18.0. The van der Waals surface area contributed by atoms with E-state index in [1.54, 1.807) is 0 Å². The Morgan fingerprint density at radius 1 is 1.08 bits per heavy atom. The van der Waals surface area contributed by atoms with Crippen molar-refractivity contribution in [2.75, 3.05) is 35.9 Å². The normalized spacial score (nSPS) is 15.2. The molecular weight excluding hydrogens is 350 g/mol. The molecule has 0 atom stereocenters. The second kappa shape index (κ2) is 6.97. The number of rotatable bonds is 4. The smallest absolute Gasteiger partial charge is 0.261 e. The minimum absolute atomic E-state index is 0.0800. The Bertz CT molecular complexity index is 881. The van der Waals surface area contributed by atoms with Gasteiger partial charge in [-0.25, -0.2) is 17.2 Å². The van der Waals surface area contributed by atoms with Crippen LogP contribution in [0.3, 0.4) is 0 Å². The molecule has 0 bridgehead atoms. The highest BCUT2D eigenvalue weighted by Crippen LogP contribution is 2.30. The average Bonchev–Trinajstić information content (AvgIpc) is 2.58. The number of benzene rings is 2. The molecule has 3 rings (SSSR count). The Kier molecular flexibility index (Phi) is 4.91. The van der Waals surface area contributed by atoms with E-state index in [2.05, 4.69) is 4.72 Å². The Morgan fingerprint density at radius 2 is 1.80 bits per heavy atom. The van der Waals surface area contributed by atoms with Gasteiger partial charge >= 0.3 is 0 Å². The van der Waals surface area contributed by atoms with Crippen LogP contribution in [0.4, 0.5) is 20.2 Å². The van der Waals surface area contributed by atoms with Gasteiger partial charge in [-0.15, -0.1) is 0 Å². The van der Waals surface area contributed by atoms with Gasteiger partial charge in [0.15, 0.2) is 0 Å². The molecule has 0 saturated carbocycles. The summed E-state index contributed by atoms with van der Waals surface area (Å²) < 4.78 is 60.0. The zero-order valence-corrected chi connectivity index (χ0v) is 14.4. The van der Waals surface area contributed by atoms with Gasteiger partial charge in [0, 0.05) is 19.2 Å². The standard InChI is InChI=1S/C17H18F2N2O3S/c1-12-10-14(3-4-15(12)19)25(22,23)20-16-11-13(18)2-5-17(16)21-6-8-24-9-7-21/h2-5,10-11,20H,6-9H2,1H3. The van der Waals surface area contributed by atoms with Crippen LogP contribution < -0.4 is 9.62 Å². The third-order valence-electron chi connectivity index (χ3n) is 3.99. The highest BCUT2D eigenvalue weighted by atomic mass is 32.2. The molecule has 0 radical (unpaired) electrons. The number of nitrogens with one attached hydrogen (secondary N) is 1. The molecule has 8 heteroatoms. The largest absolute Gasteiger partial charge is 0.378 e. The van der Waals surface area contributed by atoms with Crippen molar-refractivity contribution in [3.8, 4) is 0 Å². The number of nitrogens with zero attached hydrogens (tertiary/aromatic N) is 1. The van der Waals surface area contributed by atoms with Crippen molar-refractivity contribution in [1.82, 2.24) is 0 Å². The van der Waals surface area contributed by atoms with E-state index in [-0.39, 0.29) is 16.1 Å². The minimum Gasteiger partial charge on any atom is -0.378 e. The van der Waals surface area contributed by atoms with E-state index < -0.39 is 21.7 Å². The second-order valence-electron chi connectivity index (χ2n) is 5.78. The van der Waals surface area contributed by atoms with Gasteiger partial charge in [-0.3, -0.25) is 4.72 Å². The van der Waals surface area contributed by atoms with E-state index in [0.29, 0.717) is 32.0 Å². The SMILES string of the molecule is Cc1cc(S(=O)(=O)Nc2cc(F)ccc2N2CCOCC2)ccc1F. The van der Waals surface area contributed by atoms with Gasteiger partial charge < -0.3 is 9.64 Å². The third kappa shape index (κ3) is 3.91. The molecule has 1 aliphatic rings. The van der Waals surface area contributed by atoms with Crippen LogP contribution in [0.25, 0.3) is 0 Å². The maximum Gasteiger partial charge on any atom is 0.261 e.